The summed E-state index contributed by atoms with van der Waals surface area (Å²) >= 11 is 0. The predicted molar refractivity (Wildman–Crippen MR) is 142 cm³/mol. The number of ether oxygens (including phenoxy) is 1. The van der Waals surface area contributed by atoms with Crippen molar-refractivity contribution in [2.75, 3.05) is 7.11 Å². The van der Waals surface area contributed by atoms with E-state index >= 15 is 8.78 Å². The molecule has 1 amide bonds. The van der Waals surface area contributed by atoms with Crippen LogP contribution >= 0.6 is 0 Å². The average Bonchev–Trinajstić information content (AvgIpc) is 3.14. The Labute approximate surface area is 218 Å². The van der Waals surface area contributed by atoms with Crippen molar-refractivity contribution in [2.45, 2.75) is 70.2 Å². The number of rotatable bonds is 10. The highest BCUT2D eigenvalue weighted by atomic mass is 19.3. The van der Waals surface area contributed by atoms with Gasteiger partial charge >= 0.3 is 0 Å². The molecule has 3 aromatic carbocycles. The molecule has 0 bridgehead atoms. The van der Waals surface area contributed by atoms with Gasteiger partial charge in [-0.3, -0.25) is 9.69 Å². The fraction of sp³-hybridized carbons (Fsp3) is 0.387. The molecule has 1 fully saturated rings. The first-order chi connectivity index (χ1) is 17.6. The zero-order chi connectivity index (χ0) is 26.6. The standard InChI is InChI=1S/C31H36F2N2O2/c1-30(2)20-19-27(36)35(30)28(25-15-17-26(37-4)18-16-25)29(31(3,32)33)34(21-23-11-7-5-8-12-23)22-24-13-9-6-10-14-24/h5-18,28-29H,19-22H2,1-4H3/t28?,29-/m0/s1. The molecule has 4 nitrogen and oxygen atoms in total. The second-order valence-corrected chi connectivity index (χ2v) is 10.6. The van der Waals surface area contributed by atoms with E-state index in [-0.39, 0.29) is 5.91 Å². The molecule has 3 aromatic rings. The van der Waals surface area contributed by atoms with Gasteiger partial charge in [0, 0.05) is 32.0 Å². The lowest BCUT2D eigenvalue weighted by Gasteiger charge is -2.48. The molecule has 1 unspecified atom stereocenters. The normalized spacial score (nSPS) is 17.2. The number of methoxy groups -OCH3 is 1. The monoisotopic (exact) mass is 506 g/mol. The third-order valence-corrected chi connectivity index (χ3v) is 7.28. The summed E-state index contributed by atoms with van der Waals surface area (Å²) in [5.41, 5.74) is 1.99. The second-order valence-electron chi connectivity index (χ2n) is 10.6. The number of hydrogen-bond acceptors (Lipinski definition) is 3. The Morgan fingerprint density at radius 1 is 0.919 bits per heavy atom. The summed E-state index contributed by atoms with van der Waals surface area (Å²) < 4.78 is 37.2. The van der Waals surface area contributed by atoms with Crippen molar-refractivity contribution in [3.05, 3.63) is 102 Å². The molecule has 4 rings (SSSR count). The summed E-state index contributed by atoms with van der Waals surface area (Å²) in [7, 11) is 1.57. The Morgan fingerprint density at radius 2 is 1.43 bits per heavy atom. The molecule has 0 aliphatic carbocycles. The maximum atomic E-state index is 16.0. The maximum Gasteiger partial charge on any atom is 0.262 e. The van der Waals surface area contributed by atoms with Crippen LogP contribution < -0.4 is 4.74 Å². The number of carbonyl (C=O) groups excluding carboxylic acids is 1. The minimum Gasteiger partial charge on any atom is -0.497 e. The van der Waals surface area contributed by atoms with Crippen molar-refractivity contribution in [1.29, 1.82) is 0 Å². The minimum absolute atomic E-state index is 0.0977. The average molecular weight is 507 g/mol. The molecule has 0 aromatic heterocycles. The van der Waals surface area contributed by atoms with E-state index in [2.05, 4.69) is 0 Å². The van der Waals surface area contributed by atoms with E-state index in [9.17, 15) is 4.79 Å². The molecular formula is C31H36F2N2O2. The molecule has 1 aliphatic heterocycles. The van der Waals surface area contributed by atoms with E-state index in [4.69, 9.17) is 4.74 Å². The molecule has 1 aliphatic rings. The van der Waals surface area contributed by atoms with Gasteiger partial charge in [-0.1, -0.05) is 72.8 Å². The Morgan fingerprint density at radius 3 is 1.84 bits per heavy atom. The van der Waals surface area contributed by atoms with E-state index < -0.39 is 23.5 Å². The van der Waals surface area contributed by atoms with E-state index in [1.165, 1.54) is 0 Å². The van der Waals surface area contributed by atoms with Crippen LogP contribution in [0.4, 0.5) is 8.78 Å². The van der Waals surface area contributed by atoms with Crippen molar-refractivity contribution < 1.29 is 18.3 Å². The van der Waals surface area contributed by atoms with Crippen molar-refractivity contribution in [3.63, 3.8) is 0 Å². The number of benzene rings is 3. The molecule has 6 heteroatoms. The van der Waals surface area contributed by atoms with Gasteiger partial charge in [0.2, 0.25) is 5.91 Å². The first kappa shape index (κ1) is 26.8. The molecule has 196 valence electrons. The van der Waals surface area contributed by atoms with E-state index in [0.29, 0.717) is 37.2 Å². The summed E-state index contributed by atoms with van der Waals surface area (Å²) in [6.45, 7) is 5.55. The minimum atomic E-state index is -3.12. The van der Waals surface area contributed by atoms with Crippen LogP contribution in [0.5, 0.6) is 5.75 Å². The van der Waals surface area contributed by atoms with Crippen LogP contribution in [0.1, 0.15) is 56.3 Å². The third-order valence-electron chi connectivity index (χ3n) is 7.28. The summed E-state index contributed by atoms with van der Waals surface area (Å²) in [4.78, 5) is 16.9. The highest BCUT2D eigenvalue weighted by Gasteiger charge is 2.52. The van der Waals surface area contributed by atoms with Crippen molar-refractivity contribution in [1.82, 2.24) is 9.80 Å². The van der Waals surface area contributed by atoms with Gasteiger partial charge in [-0.05, 0) is 49.1 Å². The van der Waals surface area contributed by atoms with Gasteiger partial charge in [0.15, 0.2) is 0 Å². The highest BCUT2D eigenvalue weighted by Crippen LogP contribution is 2.45. The number of likely N-dealkylation sites (tertiary alicyclic amines) is 1. The summed E-state index contributed by atoms with van der Waals surface area (Å²) in [5, 5.41) is 0. The lowest BCUT2D eigenvalue weighted by atomic mass is 9.88. The summed E-state index contributed by atoms with van der Waals surface area (Å²) in [6, 6.07) is 24.4. The van der Waals surface area contributed by atoms with Gasteiger partial charge < -0.3 is 9.64 Å². The van der Waals surface area contributed by atoms with Crippen LogP contribution in [-0.4, -0.2) is 40.3 Å². The Kier molecular flexibility index (Phi) is 7.98. The van der Waals surface area contributed by atoms with Gasteiger partial charge in [0.05, 0.1) is 19.2 Å². The molecule has 37 heavy (non-hydrogen) atoms. The third kappa shape index (κ3) is 6.19. The molecule has 1 saturated heterocycles. The van der Waals surface area contributed by atoms with Gasteiger partial charge in [0.25, 0.3) is 5.92 Å². The van der Waals surface area contributed by atoms with E-state index in [1.807, 2.05) is 91.5 Å². The Balaban J connectivity index is 1.88. The van der Waals surface area contributed by atoms with Gasteiger partial charge in [-0.2, -0.15) is 0 Å². The number of alkyl halides is 2. The van der Waals surface area contributed by atoms with Crippen molar-refractivity contribution >= 4 is 5.91 Å². The van der Waals surface area contributed by atoms with Gasteiger partial charge in [0.1, 0.15) is 5.75 Å². The topological polar surface area (TPSA) is 32.8 Å². The van der Waals surface area contributed by atoms with Crippen LogP contribution in [0.25, 0.3) is 0 Å². The molecule has 0 spiro atoms. The number of halogens is 2. The number of hydrogen-bond donors (Lipinski definition) is 0. The largest absolute Gasteiger partial charge is 0.497 e. The van der Waals surface area contributed by atoms with Gasteiger partial charge in [-0.15, -0.1) is 0 Å². The number of amides is 1. The quantitative estimate of drug-likeness (QED) is 0.301. The highest BCUT2D eigenvalue weighted by molar-refractivity contribution is 5.80. The Hall–Kier alpha value is -3.25. The van der Waals surface area contributed by atoms with Crippen LogP contribution in [-0.2, 0) is 17.9 Å². The SMILES string of the molecule is COc1ccc(C([C@H](N(Cc2ccccc2)Cc2ccccc2)C(C)(F)F)N2C(=O)CCC2(C)C)cc1. The molecule has 0 radical (unpaired) electrons. The van der Waals surface area contributed by atoms with E-state index in [0.717, 1.165) is 18.1 Å². The van der Waals surface area contributed by atoms with Crippen LogP contribution in [0.2, 0.25) is 0 Å². The maximum absolute atomic E-state index is 16.0. The lowest BCUT2D eigenvalue weighted by molar-refractivity contribution is -0.146. The fourth-order valence-corrected chi connectivity index (χ4v) is 5.48. The second kappa shape index (κ2) is 11.0. The number of carbonyl (C=O) groups is 1. The molecule has 0 saturated carbocycles. The molecule has 2 atom stereocenters. The van der Waals surface area contributed by atoms with E-state index in [1.54, 1.807) is 24.1 Å². The fourth-order valence-electron chi connectivity index (χ4n) is 5.48. The van der Waals surface area contributed by atoms with Gasteiger partial charge in [-0.25, -0.2) is 8.78 Å². The zero-order valence-corrected chi connectivity index (χ0v) is 22.0. The summed E-state index contributed by atoms with van der Waals surface area (Å²) in [5.74, 6) is -2.58. The summed E-state index contributed by atoms with van der Waals surface area (Å²) in [6.07, 6.45) is 0.969. The number of nitrogens with zero attached hydrogens (tertiary/aromatic N) is 2. The molecule has 1 heterocycles. The lowest BCUT2D eigenvalue weighted by Crippen LogP contribution is -2.57. The predicted octanol–water partition coefficient (Wildman–Crippen LogP) is 6.86. The Bertz CT molecular complexity index is 1120. The van der Waals surface area contributed by atoms with Crippen LogP contribution in [0.3, 0.4) is 0 Å². The first-order valence-electron chi connectivity index (χ1n) is 12.8. The van der Waals surface area contributed by atoms with Crippen LogP contribution in [0.15, 0.2) is 84.9 Å². The van der Waals surface area contributed by atoms with Crippen molar-refractivity contribution in [2.24, 2.45) is 0 Å². The molecule has 0 N–H and O–H groups in total. The smallest absolute Gasteiger partial charge is 0.262 e. The molecular weight excluding hydrogens is 470 g/mol. The first-order valence-corrected chi connectivity index (χ1v) is 12.8. The zero-order valence-electron chi connectivity index (χ0n) is 22.0. The van der Waals surface area contributed by atoms with Crippen LogP contribution in [0, 0.1) is 0 Å². The van der Waals surface area contributed by atoms with Crippen molar-refractivity contribution in [3.8, 4) is 5.75 Å².